The fourth-order valence-corrected chi connectivity index (χ4v) is 2.49. The third kappa shape index (κ3) is 4.10. The second-order valence-corrected chi connectivity index (χ2v) is 4.81. The Bertz CT molecular complexity index is 213. The Morgan fingerprint density at radius 1 is 1.38 bits per heavy atom. The summed E-state index contributed by atoms with van der Waals surface area (Å²) in [5.41, 5.74) is 0.171. The number of amides is 1. The van der Waals surface area contributed by atoms with Gasteiger partial charge < -0.3 is 15.7 Å². The summed E-state index contributed by atoms with van der Waals surface area (Å²) in [6.45, 7) is 1.68. The smallest absolute Gasteiger partial charge is 0.221 e. The first-order valence-electron chi connectivity index (χ1n) is 6.25. The van der Waals surface area contributed by atoms with E-state index in [1.807, 2.05) is 7.05 Å². The van der Waals surface area contributed by atoms with Crippen LogP contribution in [0, 0.1) is 5.41 Å². The van der Waals surface area contributed by atoms with E-state index in [1.165, 1.54) is 12.8 Å². The normalized spacial score (nSPS) is 18.6. The molecule has 0 aliphatic heterocycles. The Balaban J connectivity index is 2.29. The second-order valence-electron chi connectivity index (χ2n) is 4.81. The molecule has 0 radical (unpaired) electrons. The van der Waals surface area contributed by atoms with Crippen molar-refractivity contribution in [3.63, 3.8) is 0 Å². The van der Waals surface area contributed by atoms with E-state index in [1.54, 1.807) is 0 Å². The number of aliphatic hydroxyl groups is 1. The lowest BCUT2D eigenvalue weighted by molar-refractivity contribution is -0.121. The molecule has 0 spiro atoms. The van der Waals surface area contributed by atoms with Gasteiger partial charge in [0.25, 0.3) is 0 Å². The van der Waals surface area contributed by atoms with Gasteiger partial charge in [-0.05, 0) is 31.7 Å². The van der Waals surface area contributed by atoms with Crippen molar-refractivity contribution in [3.05, 3.63) is 0 Å². The monoisotopic (exact) mass is 228 g/mol. The summed E-state index contributed by atoms with van der Waals surface area (Å²) in [7, 11) is 1.84. The van der Waals surface area contributed by atoms with Crippen LogP contribution in [0.4, 0.5) is 0 Å². The lowest BCUT2D eigenvalue weighted by atomic mass is 9.83. The van der Waals surface area contributed by atoms with Crippen molar-refractivity contribution in [1.82, 2.24) is 10.6 Å². The summed E-state index contributed by atoms with van der Waals surface area (Å²) in [6.07, 6.45) is 6.09. The molecular weight excluding hydrogens is 204 g/mol. The van der Waals surface area contributed by atoms with Crippen LogP contribution in [0.1, 0.15) is 38.5 Å². The molecule has 4 heteroatoms. The standard InChI is InChI=1S/C12H24N2O2/c1-13-8-4-11(16)14-10-12(7-9-15)5-2-3-6-12/h13,15H,2-10H2,1H3,(H,14,16). The van der Waals surface area contributed by atoms with Crippen LogP contribution in [0.3, 0.4) is 0 Å². The Kier molecular flexibility index (Phi) is 5.77. The van der Waals surface area contributed by atoms with E-state index in [4.69, 9.17) is 5.11 Å². The number of nitrogens with one attached hydrogen (secondary N) is 2. The predicted octanol–water partition coefficient (Wildman–Crippen LogP) is 0.655. The summed E-state index contributed by atoms with van der Waals surface area (Å²) in [5, 5.41) is 15.0. The van der Waals surface area contributed by atoms with Crippen LogP contribution in [-0.4, -0.2) is 37.8 Å². The van der Waals surface area contributed by atoms with Crippen LogP contribution in [-0.2, 0) is 4.79 Å². The number of hydrogen-bond acceptors (Lipinski definition) is 3. The van der Waals surface area contributed by atoms with E-state index in [2.05, 4.69) is 10.6 Å². The topological polar surface area (TPSA) is 61.4 Å². The van der Waals surface area contributed by atoms with E-state index in [0.717, 1.165) is 32.4 Å². The van der Waals surface area contributed by atoms with Gasteiger partial charge in [0.05, 0.1) is 0 Å². The molecule has 0 aromatic rings. The van der Waals surface area contributed by atoms with Crippen molar-refractivity contribution < 1.29 is 9.90 Å². The van der Waals surface area contributed by atoms with Gasteiger partial charge in [0.1, 0.15) is 0 Å². The molecule has 16 heavy (non-hydrogen) atoms. The van der Waals surface area contributed by atoms with Crippen molar-refractivity contribution in [2.24, 2.45) is 5.41 Å². The van der Waals surface area contributed by atoms with E-state index >= 15 is 0 Å². The first kappa shape index (κ1) is 13.5. The first-order valence-corrected chi connectivity index (χ1v) is 6.25. The van der Waals surface area contributed by atoms with Crippen LogP contribution in [0.15, 0.2) is 0 Å². The molecule has 1 rings (SSSR count). The highest BCUT2D eigenvalue weighted by Crippen LogP contribution is 2.40. The minimum absolute atomic E-state index is 0.110. The fraction of sp³-hybridized carbons (Fsp3) is 0.917. The average Bonchev–Trinajstić information content (AvgIpc) is 2.73. The molecule has 1 saturated carbocycles. The number of carbonyl (C=O) groups excluding carboxylic acids is 1. The molecule has 0 bridgehead atoms. The molecular formula is C12H24N2O2. The Morgan fingerprint density at radius 3 is 2.62 bits per heavy atom. The summed E-state index contributed by atoms with van der Waals surface area (Å²) < 4.78 is 0. The molecule has 94 valence electrons. The van der Waals surface area contributed by atoms with Gasteiger partial charge in [-0.15, -0.1) is 0 Å². The van der Waals surface area contributed by atoms with Crippen molar-refractivity contribution in [2.45, 2.75) is 38.5 Å². The van der Waals surface area contributed by atoms with Gasteiger partial charge in [0.15, 0.2) is 0 Å². The highest BCUT2D eigenvalue weighted by molar-refractivity contribution is 5.76. The van der Waals surface area contributed by atoms with Gasteiger partial charge in [-0.1, -0.05) is 12.8 Å². The molecule has 0 aromatic heterocycles. The average molecular weight is 228 g/mol. The van der Waals surface area contributed by atoms with Crippen LogP contribution in [0.25, 0.3) is 0 Å². The minimum atomic E-state index is 0.110. The quantitative estimate of drug-likeness (QED) is 0.600. The number of rotatable bonds is 7. The Labute approximate surface area is 97.8 Å². The molecule has 3 N–H and O–H groups in total. The maximum absolute atomic E-state index is 11.5. The zero-order valence-corrected chi connectivity index (χ0v) is 10.2. The SMILES string of the molecule is CNCCC(=O)NCC1(CCO)CCCC1. The van der Waals surface area contributed by atoms with Gasteiger partial charge in [-0.25, -0.2) is 0 Å². The van der Waals surface area contributed by atoms with Crippen LogP contribution < -0.4 is 10.6 Å². The van der Waals surface area contributed by atoms with Crippen molar-refractivity contribution in [1.29, 1.82) is 0 Å². The van der Waals surface area contributed by atoms with E-state index in [-0.39, 0.29) is 17.9 Å². The molecule has 4 nitrogen and oxygen atoms in total. The molecule has 1 aliphatic rings. The highest BCUT2D eigenvalue weighted by atomic mass is 16.3. The Morgan fingerprint density at radius 2 is 2.06 bits per heavy atom. The first-order chi connectivity index (χ1) is 7.72. The summed E-state index contributed by atoms with van der Waals surface area (Å²) in [5.74, 6) is 0.110. The van der Waals surface area contributed by atoms with Gasteiger partial charge in [0.2, 0.25) is 5.91 Å². The molecule has 0 heterocycles. The van der Waals surface area contributed by atoms with Crippen molar-refractivity contribution in [2.75, 3.05) is 26.7 Å². The number of hydrogen-bond donors (Lipinski definition) is 3. The van der Waals surface area contributed by atoms with Crippen LogP contribution in [0.5, 0.6) is 0 Å². The lowest BCUT2D eigenvalue weighted by Gasteiger charge is -2.28. The third-order valence-electron chi connectivity index (χ3n) is 3.57. The third-order valence-corrected chi connectivity index (χ3v) is 3.57. The van der Waals surface area contributed by atoms with Crippen molar-refractivity contribution >= 4 is 5.91 Å². The summed E-state index contributed by atoms with van der Waals surface area (Å²) >= 11 is 0. The second kappa shape index (κ2) is 6.86. The molecule has 1 fully saturated rings. The molecule has 0 unspecified atom stereocenters. The fourth-order valence-electron chi connectivity index (χ4n) is 2.49. The maximum Gasteiger partial charge on any atom is 0.221 e. The zero-order valence-electron chi connectivity index (χ0n) is 10.2. The van der Waals surface area contributed by atoms with Crippen LogP contribution >= 0.6 is 0 Å². The zero-order chi connectivity index (χ0) is 11.9. The van der Waals surface area contributed by atoms with Gasteiger partial charge in [-0.3, -0.25) is 4.79 Å². The largest absolute Gasteiger partial charge is 0.396 e. The number of aliphatic hydroxyl groups excluding tert-OH is 1. The molecule has 0 atom stereocenters. The molecule has 1 amide bonds. The van der Waals surface area contributed by atoms with Crippen LogP contribution in [0.2, 0.25) is 0 Å². The van der Waals surface area contributed by atoms with Gasteiger partial charge in [0, 0.05) is 26.1 Å². The van der Waals surface area contributed by atoms with E-state index in [9.17, 15) is 4.79 Å². The molecule has 0 saturated heterocycles. The van der Waals surface area contributed by atoms with Gasteiger partial charge >= 0.3 is 0 Å². The number of carbonyl (C=O) groups is 1. The van der Waals surface area contributed by atoms with Gasteiger partial charge in [-0.2, -0.15) is 0 Å². The summed E-state index contributed by atoms with van der Waals surface area (Å²) in [6, 6.07) is 0. The highest BCUT2D eigenvalue weighted by Gasteiger charge is 2.33. The van der Waals surface area contributed by atoms with E-state index < -0.39 is 0 Å². The predicted molar refractivity (Wildman–Crippen MR) is 64.2 cm³/mol. The lowest BCUT2D eigenvalue weighted by Crippen LogP contribution is -2.37. The Hall–Kier alpha value is -0.610. The summed E-state index contributed by atoms with van der Waals surface area (Å²) in [4.78, 5) is 11.5. The minimum Gasteiger partial charge on any atom is -0.396 e. The molecule has 1 aliphatic carbocycles. The van der Waals surface area contributed by atoms with E-state index in [0.29, 0.717) is 6.42 Å². The van der Waals surface area contributed by atoms with Crippen molar-refractivity contribution in [3.8, 4) is 0 Å². The maximum atomic E-state index is 11.5. The molecule has 0 aromatic carbocycles.